The van der Waals surface area contributed by atoms with E-state index in [2.05, 4.69) is 10.5 Å². The van der Waals surface area contributed by atoms with Gasteiger partial charge in [0.1, 0.15) is 5.75 Å². The van der Waals surface area contributed by atoms with Crippen molar-refractivity contribution in [1.29, 1.82) is 0 Å². The average molecular weight is 342 g/mol. The Morgan fingerprint density at radius 3 is 2.71 bits per heavy atom. The van der Waals surface area contributed by atoms with Crippen molar-refractivity contribution in [3.8, 4) is 5.75 Å². The van der Waals surface area contributed by atoms with E-state index in [1.54, 1.807) is 18.9 Å². The number of ether oxygens (including phenoxy) is 1. The molecule has 1 aliphatic heterocycles. The van der Waals surface area contributed by atoms with Gasteiger partial charge in [0.05, 0.1) is 18.5 Å². The SMILES string of the molecule is COc1ccc(C2=NO[C@H](C(=O)Nc3ccccc3SC)C2)cc1. The van der Waals surface area contributed by atoms with Crippen LogP contribution in [0.25, 0.3) is 0 Å². The minimum Gasteiger partial charge on any atom is -0.497 e. The number of carbonyl (C=O) groups is 1. The number of nitrogens with one attached hydrogen (secondary N) is 1. The van der Waals surface area contributed by atoms with E-state index in [1.807, 2.05) is 54.8 Å². The van der Waals surface area contributed by atoms with Gasteiger partial charge in [-0.25, -0.2) is 0 Å². The molecule has 2 aromatic carbocycles. The molecule has 0 bridgehead atoms. The number of amides is 1. The maximum absolute atomic E-state index is 12.4. The van der Waals surface area contributed by atoms with E-state index in [-0.39, 0.29) is 5.91 Å². The molecule has 3 rings (SSSR count). The molecule has 2 aromatic rings. The number of thioether (sulfide) groups is 1. The van der Waals surface area contributed by atoms with Gasteiger partial charge in [-0.05, 0) is 48.2 Å². The fourth-order valence-corrected chi connectivity index (χ4v) is 2.99. The van der Waals surface area contributed by atoms with Crippen molar-refractivity contribution in [1.82, 2.24) is 0 Å². The molecule has 0 unspecified atom stereocenters. The van der Waals surface area contributed by atoms with Crippen LogP contribution >= 0.6 is 11.8 Å². The number of para-hydroxylation sites is 1. The van der Waals surface area contributed by atoms with Gasteiger partial charge in [-0.15, -0.1) is 11.8 Å². The van der Waals surface area contributed by atoms with Crippen molar-refractivity contribution in [2.45, 2.75) is 17.4 Å². The maximum Gasteiger partial charge on any atom is 0.268 e. The predicted octanol–water partition coefficient (Wildman–Crippen LogP) is 3.55. The predicted molar refractivity (Wildman–Crippen MR) is 95.9 cm³/mol. The van der Waals surface area contributed by atoms with Gasteiger partial charge in [-0.1, -0.05) is 17.3 Å². The van der Waals surface area contributed by atoms with Crippen LogP contribution in [0, 0.1) is 0 Å². The topological polar surface area (TPSA) is 59.9 Å². The molecule has 1 atom stereocenters. The molecule has 124 valence electrons. The Hall–Kier alpha value is -2.47. The Labute approximate surface area is 145 Å². The van der Waals surface area contributed by atoms with E-state index >= 15 is 0 Å². The van der Waals surface area contributed by atoms with E-state index in [1.165, 1.54) is 0 Å². The lowest BCUT2D eigenvalue weighted by Crippen LogP contribution is -2.28. The summed E-state index contributed by atoms with van der Waals surface area (Å²) in [5.41, 5.74) is 2.48. The normalized spacial score (nSPS) is 16.2. The van der Waals surface area contributed by atoms with E-state index < -0.39 is 6.10 Å². The molecule has 24 heavy (non-hydrogen) atoms. The van der Waals surface area contributed by atoms with E-state index in [9.17, 15) is 4.79 Å². The highest BCUT2D eigenvalue weighted by molar-refractivity contribution is 7.98. The lowest BCUT2D eigenvalue weighted by molar-refractivity contribution is -0.125. The second kappa shape index (κ2) is 7.40. The summed E-state index contributed by atoms with van der Waals surface area (Å²) in [6.07, 6.45) is 1.80. The summed E-state index contributed by atoms with van der Waals surface area (Å²) in [6, 6.07) is 15.2. The van der Waals surface area contributed by atoms with Crippen LogP contribution in [-0.4, -0.2) is 31.1 Å². The molecule has 0 saturated carbocycles. The Bertz CT molecular complexity index is 759. The minimum atomic E-state index is -0.614. The molecule has 1 amide bonds. The third-order valence-corrected chi connectivity index (χ3v) is 4.55. The van der Waals surface area contributed by atoms with Gasteiger partial charge in [0.25, 0.3) is 5.91 Å². The maximum atomic E-state index is 12.4. The van der Waals surface area contributed by atoms with Crippen LogP contribution in [0.15, 0.2) is 58.6 Å². The zero-order valence-corrected chi connectivity index (χ0v) is 14.3. The molecule has 0 aliphatic carbocycles. The Balaban J connectivity index is 1.64. The first-order valence-corrected chi connectivity index (χ1v) is 8.74. The molecule has 1 aliphatic rings. The quantitative estimate of drug-likeness (QED) is 0.844. The first-order valence-electron chi connectivity index (χ1n) is 7.52. The van der Waals surface area contributed by atoms with Crippen LogP contribution in [0.1, 0.15) is 12.0 Å². The average Bonchev–Trinajstić information content (AvgIpc) is 3.12. The summed E-state index contributed by atoms with van der Waals surface area (Å²) in [6.45, 7) is 0. The van der Waals surface area contributed by atoms with Gasteiger partial charge in [-0.2, -0.15) is 0 Å². The molecule has 0 radical (unpaired) electrons. The molecule has 0 aromatic heterocycles. The van der Waals surface area contributed by atoms with Crippen LogP contribution in [0.4, 0.5) is 5.69 Å². The van der Waals surface area contributed by atoms with Crippen molar-refractivity contribution in [2.75, 3.05) is 18.7 Å². The Kier molecular flexibility index (Phi) is 5.05. The molecule has 5 nitrogen and oxygen atoms in total. The molecule has 0 saturated heterocycles. The zero-order chi connectivity index (χ0) is 16.9. The molecule has 6 heteroatoms. The summed E-state index contributed by atoms with van der Waals surface area (Å²) < 4.78 is 5.14. The van der Waals surface area contributed by atoms with Crippen LogP contribution in [0.3, 0.4) is 0 Å². The largest absolute Gasteiger partial charge is 0.497 e. The monoisotopic (exact) mass is 342 g/mol. The summed E-state index contributed by atoms with van der Waals surface area (Å²) in [5, 5.41) is 6.97. The van der Waals surface area contributed by atoms with Crippen LogP contribution in [0.2, 0.25) is 0 Å². The highest BCUT2D eigenvalue weighted by Crippen LogP contribution is 2.26. The number of hydrogen-bond donors (Lipinski definition) is 1. The van der Waals surface area contributed by atoms with Gasteiger partial charge in [0.15, 0.2) is 0 Å². The number of carbonyl (C=O) groups excluding carboxylic acids is 1. The van der Waals surface area contributed by atoms with E-state index in [4.69, 9.17) is 9.57 Å². The number of nitrogens with zero attached hydrogens (tertiary/aromatic N) is 1. The molecular weight excluding hydrogens is 324 g/mol. The Morgan fingerprint density at radius 2 is 2.00 bits per heavy atom. The van der Waals surface area contributed by atoms with Gasteiger partial charge in [-0.3, -0.25) is 4.79 Å². The summed E-state index contributed by atoms with van der Waals surface area (Å²) in [5.74, 6) is 0.588. The van der Waals surface area contributed by atoms with Gasteiger partial charge >= 0.3 is 0 Å². The third-order valence-electron chi connectivity index (χ3n) is 3.75. The number of hydrogen-bond acceptors (Lipinski definition) is 5. The van der Waals surface area contributed by atoms with Crippen molar-refractivity contribution in [3.63, 3.8) is 0 Å². The van der Waals surface area contributed by atoms with Crippen LogP contribution in [-0.2, 0) is 9.63 Å². The second-order valence-corrected chi connectivity index (χ2v) is 6.10. The highest BCUT2D eigenvalue weighted by atomic mass is 32.2. The molecule has 1 heterocycles. The lowest BCUT2D eigenvalue weighted by Gasteiger charge is -2.12. The highest BCUT2D eigenvalue weighted by Gasteiger charge is 2.29. The number of methoxy groups -OCH3 is 1. The van der Waals surface area contributed by atoms with Crippen LogP contribution < -0.4 is 10.1 Å². The summed E-state index contributed by atoms with van der Waals surface area (Å²) in [7, 11) is 1.62. The Morgan fingerprint density at radius 1 is 1.25 bits per heavy atom. The fourth-order valence-electron chi connectivity index (χ4n) is 2.43. The first kappa shape index (κ1) is 16.4. The lowest BCUT2D eigenvalue weighted by atomic mass is 10.0. The van der Waals surface area contributed by atoms with Gasteiger partial charge in [0.2, 0.25) is 6.10 Å². The van der Waals surface area contributed by atoms with Crippen LogP contribution in [0.5, 0.6) is 5.75 Å². The van der Waals surface area contributed by atoms with Crippen molar-refractivity contribution in [2.24, 2.45) is 5.16 Å². The second-order valence-electron chi connectivity index (χ2n) is 5.25. The molecule has 0 spiro atoms. The molecular formula is C18H18N2O3S. The van der Waals surface area contributed by atoms with Gasteiger partial charge < -0.3 is 14.9 Å². The smallest absolute Gasteiger partial charge is 0.268 e. The van der Waals surface area contributed by atoms with Crippen molar-refractivity contribution >= 4 is 29.1 Å². The number of rotatable bonds is 5. The first-order chi connectivity index (χ1) is 11.7. The van der Waals surface area contributed by atoms with Crippen molar-refractivity contribution < 1.29 is 14.4 Å². The van der Waals surface area contributed by atoms with E-state index in [0.29, 0.717) is 6.42 Å². The molecule has 0 fully saturated rings. The van der Waals surface area contributed by atoms with Gasteiger partial charge in [0, 0.05) is 11.3 Å². The van der Waals surface area contributed by atoms with Crippen molar-refractivity contribution in [3.05, 3.63) is 54.1 Å². The fraction of sp³-hybridized carbons (Fsp3) is 0.222. The summed E-state index contributed by atoms with van der Waals surface area (Å²) >= 11 is 1.58. The zero-order valence-electron chi connectivity index (χ0n) is 13.5. The number of anilines is 1. The molecule has 1 N–H and O–H groups in total. The third kappa shape index (κ3) is 3.54. The number of oxime groups is 1. The minimum absolute atomic E-state index is 0.191. The number of benzene rings is 2. The van der Waals surface area contributed by atoms with E-state index in [0.717, 1.165) is 27.6 Å². The summed E-state index contributed by atoms with van der Waals surface area (Å²) in [4.78, 5) is 18.8. The standard InChI is InChI=1S/C18H18N2O3S/c1-22-13-9-7-12(8-10-13)15-11-16(23-20-15)18(21)19-14-5-3-4-6-17(14)24-2/h3-10,16H,11H2,1-2H3,(H,19,21)/t16-/m0/s1.